The minimum Gasteiger partial charge on any atom is -0.394 e. The Morgan fingerprint density at radius 1 is 1.60 bits per heavy atom. The molecule has 0 fully saturated rings. The average molecular weight is 209 g/mol. The fraction of sp³-hybridized carbons (Fsp3) is 0.400. The fourth-order valence-corrected chi connectivity index (χ4v) is 1.000. The van der Waals surface area contributed by atoms with Gasteiger partial charge in [-0.05, 0) is 26.0 Å². The molecule has 0 aliphatic heterocycles. The van der Waals surface area contributed by atoms with Gasteiger partial charge in [0.25, 0.3) is 0 Å². The van der Waals surface area contributed by atoms with Crippen LogP contribution in [0, 0.1) is 0 Å². The van der Waals surface area contributed by atoms with E-state index < -0.39 is 11.4 Å². The van der Waals surface area contributed by atoms with Crippen molar-refractivity contribution in [3.05, 3.63) is 23.9 Å². The summed E-state index contributed by atoms with van der Waals surface area (Å²) >= 11 is 0. The topological polar surface area (TPSA) is 88.2 Å². The van der Waals surface area contributed by atoms with Gasteiger partial charge in [-0.3, -0.25) is 4.79 Å². The van der Waals surface area contributed by atoms with E-state index in [1.54, 1.807) is 12.1 Å². The number of nitrogens with two attached hydrogens (primary N) is 1. The molecule has 0 aliphatic rings. The molecule has 1 heterocycles. The van der Waals surface area contributed by atoms with Crippen LogP contribution in [-0.4, -0.2) is 28.1 Å². The third kappa shape index (κ3) is 3.21. The average Bonchev–Trinajstić information content (AvgIpc) is 2.18. The highest BCUT2D eigenvalue weighted by Gasteiger charge is 2.16. The molecule has 5 heteroatoms. The maximum absolute atomic E-state index is 10.8. The standard InChI is InChI=1S/C10H15N3O2/c1-10(2,6-14)13-8-4-3-7(5-12-8)9(11)15/h3-5,14H,6H2,1-2H3,(H2,11,15)(H,12,13). The summed E-state index contributed by atoms with van der Waals surface area (Å²) in [6, 6.07) is 3.24. The third-order valence-electron chi connectivity index (χ3n) is 1.91. The van der Waals surface area contributed by atoms with Gasteiger partial charge in [0, 0.05) is 6.20 Å². The molecule has 1 aromatic heterocycles. The van der Waals surface area contributed by atoms with Crippen molar-refractivity contribution in [2.75, 3.05) is 11.9 Å². The summed E-state index contributed by atoms with van der Waals surface area (Å²) in [6.07, 6.45) is 1.40. The van der Waals surface area contributed by atoms with E-state index >= 15 is 0 Å². The SMILES string of the molecule is CC(C)(CO)Nc1ccc(C(N)=O)cn1. The predicted molar refractivity (Wildman–Crippen MR) is 57.5 cm³/mol. The molecular weight excluding hydrogens is 194 g/mol. The van der Waals surface area contributed by atoms with E-state index in [-0.39, 0.29) is 6.61 Å². The van der Waals surface area contributed by atoms with Gasteiger partial charge in [0.15, 0.2) is 0 Å². The van der Waals surface area contributed by atoms with Crippen LogP contribution in [0.15, 0.2) is 18.3 Å². The normalized spacial score (nSPS) is 11.1. The predicted octanol–water partition coefficient (Wildman–Crippen LogP) is 0.363. The summed E-state index contributed by atoms with van der Waals surface area (Å²) in [5.74, 6) is 0.0921. The number of pyridine rings is 1. The molecule has 1 aromatic rings. The number of carbonyl (C=O) groups is 1. The number of anilines is 1. The number of rotatable bonds is 4. The third-order valence-corrected chi connectivity index (χ3v) is 1.91. The minimum absolute atomic E-state index is 0.00769. The monoisotopic (exact) mass is 209 g/mol. The van der Waals surface area contributed by atoms with Gasteiger partial charge in [0.2, 0.25) is 5.91 Å². The zero-order chi connectivity index (χ0) is 11.5. The summed E-state index contributed by atoms with van der Waals surface area (Å²) in [7, 11) is 0. The lowest BCUT2D eigenvalue weighted by Gasteiger charge is -2.24. The van der Waals surface area contributed by atoms with Crippen molar-refractivity contribution in [2.45, 2.75) is 19.4 Å². The van der Waals surface area contributed by atoms with Crippen molar-refractivity contribution in [1.82, 2.24) is 4.98 Å². The van der Waals surface area contributed by atoms with Crippen molar-refractivity contribution in [1.29, 1.82) is 0 Å². The quantitative estimate of drug-likeness (QED) is 0.668. The molecule has 1 rings (SSSR count). The van der Waals surface area contributed by atoms with E-state index in [4.69, 9.17) is 10.8 Å². The Morgan fingerprint density at radius 3 is 2.67 bits per heavy atom. The Labute approximate surface area is 88.3 Å². The van der Waals surface area contributed by atoms with E-state index in [0.29, 0.717) is 11.4 Å². The van der Waals surface area contributed by atoms with Crippen LogP contribution in [0.3, 0.4) is 0 Å². The number of hydrogen-bond acceptors (Lipinski definition) is 4. The van der Waals surface area contributed by atoms with Crippen molar-refractivity contribution in [2.24, 2.45) is 5.73 Å². The first-order valence-electron chi connectivity index (χ1n) is 4.59. The summed E-state index contributed by atoms with van der Waals surface area (Å²) in [4.78, 5) is 14.8. The number of hydrogen-bond donors (Lipinski definition) is 3. The maximum Gasteiger partial charge on any atom is 0.250 e. The Kier molecular flexibility index (Phi) is 3.26. The lowest BCUT2D eigenvalue weighted by molar-refractivity contribution is 0.1000. The molecule has 0 saturated heterocycles. The number of amides is 1. The van der Waals surface area contributed by atoms with Crippen molar-refractivity contribution < 1.29 is 9.90 Å². The second-order valence-corrected chi connectivity index (χ2v) is 3.96. The smallest absolute Gasteiger partial charge is 0.250 e. The van der Waals surface area contributed by atoms with Crippen LogP contribution in [0.5, 0.6) is 0 Å². The van der Waals surface area contributed by atoms with Gasteiger partial charge < -0.3 is 16.2 Å². The van der Waals surface area contributed by atoms with Crippen LogP contribution >= 0.6 is 0 Å². The van der Waals surface area contributed by atoms with Crippen LogP contribution in [0.4, 0.5) is 5.82 Å². The van der Waals surface area contributed by atoms with E-state index in [0.717, 1.165) is 0 Å². The van der Waals surface area contributed by atoms with E-state index in [2.05, 4.69) is 10.3 Å². The highest BCUT2D eigenvalue weighted by molar-refractivity contribution is 5.92. The Bertz CT molecular complexity index is 346. The Morgan fingerprint density at radius 2 is 2.27 bits per heavy atom. The van der Waals surface area contributed by atoms with Gasteiger partial charge in [-0.1, -0.05) is 0 Å². The zero-order valence-corrected chi connectivity index (χ0v) is 8.82. The van der Waals surface area contributed by atoms with Crippen LogP contribution in [0.25, 0.3) is 0 Å². The number of carbonyl (C=O) groups excluding carboxylic acids is 1. The molecule has 1 amide bonds. The van der Waals surface area contributed by atoms with Gasteiger partial charge in [0.05, 0.1) is 17.7 Å². The van der Waals surface area contributed by atoms with Crippen molar-refractivity contribution in [3.8, 4) is 0 Å². The van der Waals surface area contributed by atoms with Crippen LogP contribution < -0.4 is 11.1 Å². The number of nitrogens with one attached hydrogen (secondary N) is 1. The molecule has 4 N–H and O–H groups in total. The molecule has 0 saturated carbocycles. The summed E-state index contributed by atoms with van der Waals surface area (Å²) in [5, 5.41) is 12.1. The van der Waals surface area contributed by atoms with Gasteiger partial charge in [-0.25, -0.2) is 4.98 Å². The van der Waals surface area contributed by atoms with Crippen LogP contribution in [0.1, 0.15) is 24.2 Å². The van der Waals surface area contributed by atoms with Gasteiger partial charge in [-0.15, -0.1) is 0 Å². The molecule has 0 atom stereocenters. The van der Waals surface area contributed by atoms with Gasteiger partial charge >= 0.3 is 0 Å². The van der Waals surface area contributed by atoms with E-state index in [1.807, 2.05) is 13.8 Å². The van der Waals surface area contributed by atoms with Crippen molar-refractivity contribution in [3.63, 3.8) is 0 Å². The zero-order valence-electron chi connectivity index (χ0n) is 8.82. The fourth-order valence-electron chi connectivity index (χ4n) is 1.000. The number of aromatic nitrogens is 1. The molecule has 0 unspecified atom stereocenters. The molecule has 15 heavy (non-hydrogen) atoms. The molecule has 0 radical (unpaired) electrons. The molecule has 5 nitrogen and oxygen atoms in total. The van der Waals surface area contributed by atoms with E-state index in [9.17, 15) is 4.79 Å². The number of nitrogens with zero attached hydrogens (tertiary/aromatic N) is 1. The number of aliphatic hydroxyl groups excluding tert-OH is 1. The molecule has 0 aliphatic carbocycles. The summed E-state index contributed by atoms with van der Waals surface area (Å²) < 4.78 is 0. The lowest BCUT2D eigenvalue weighted by atomic mass is 10.1. The van der Waals surface area contributed by atoms with Gasteiger partial charge in [-0.2, -0.15) is 0 Å². The highest BCUT2D eigenvalue weighted by atomic mass is 16.3. The maximum atomic E-state index is 10.8. The molecule has 0 spiro atoms. The van der Waals surface area contributed by atoms with Crippen LogP contribution in [-0.2, 0) is 0 Å². The summed E-state index contributed by atoms with van der Waals surface area (Å²) in [5.41, 5.74) is 5.00. The van der Waals surface area contributed by atoms with Gasteiger partial charge in [0.1, 0.15) is 5.82 Å². The largest absolute Gasteiger partial charge is 0.394 e. The lowest BCUT2D eigenvalue weighted by Crippen LogP contribution is -2.35. The molecule has 0 bridgehead atoms. The van der Waals surface area contributed by atoms with Crippen LogP contribution in [0.2, 0.25) is 0 Å². The highest BCUT2D eigenvalue weighted by Crippen LogP contribution is 2.12. The van der Waals surface area contributed by atoms with E-state index in [1.165, 1.54) is 6.20 Å². The molecule has 82 valence electrons. The first kappa shape index (κ1) is 11.5. The second kappa shape index (κ2) is 4.27. The molecule has 0 aromatic carbocycles. The Hall–Kier alpha value is -1.62. The van der Waals surface area contributed by atoms with Crippen molar-refractivity contribution >= 4 is 11.7 Å². The second-order valence-electron chi connectivity index (χ2n) is 3.96. The first-order chi connectivity index (χ1) is 6.94. The summed E-state index contributed by atoms with van der Waals surface area (Å²) in [6.45, 7) is 3.68. The number of aliphatic hydroxyl groups is 1. The molecular formula is C10H15N3O2. The number of primary amides is 1. The Balaban J connectivity index is 2.77. The minimum atomic E-state index is -0.504. The first-order valence-corrected chi connectivity index (χ1v) is 4.59.